The first-order chi connectivity index (χ1) is 12.9. The van der Waals surface area contributed by atoms with Crippen LogP contribution in [0, 0.1) is 5.92 Å². The molecule has 1 fully saturated rings. The third kappa shape index (κ3) is 3.89. The van der Waals surface area contributed by atoms with Gasteiger partial charge in [0.1, 0.15) is 0 Å². The van der Waals surface area contributed by atoms with Crippen LogP contribution < -0.4 is 9.62 Å². The lowest BCUT2D eigenvalue weighted by Crippen LogP contribution is -2.34. The topological polar surface area (TPSA) is 79.4 Å². The highest BCUT2D eigenvalue weighted by atomic mass is 32.2. The van der Waals surface area contributed by atoms with E-state index in [0.717, 1.165) is 29.8 Å². The molecule has 6 nitrogen and oxygen atoms in total. The zero-order valence-electron chi connectivity index (χ0n) is 15.3. The van der Waals surface area contributed by atoms with Crippen LogP contribution in [-0.4, -0.2) is 31.9 Å². The van der Waals surface area contributed by atoms with Crippen LogP contribution >= 0.6 is 0 Å². The molecule has 0 saturated heterocycles. The lowest BCUT2D eigenvalue weighted by atomic mass is 10.2. The molecule has 1 amide bonds. The van der Waals surface area contributed by atoms with Crippen molar-refractivity contribution >= 4 is 21.6 Å². The minimum atomic E-state index is -3.62. The Bertz CT molecular complexity index is 956. The van der Waals surface area contributed by atoms with Crippen molar-refractivity contribution in [1.82, 2.24) is 9.71 Å². The molecule has 0 spiro atoms. The Kier molecular flexibility index (Phi) is 4.74. The molecule has 2 aromatic rings. The van der Waals surface area contributed by atoms with Crippen molar-refractivity contribution in [3.8, 4) is 0 Å². The zero-order chi connectivity index (χ0) is 19.0. The highest BCUT2D eigenvalue weighted by Gasteiger charge is 2.36. The minimum absolute atomic E-state index is 0.161. The number of anilines is 1. The van der Waals surface area contributed by atoms with Crippen LogP contribution in [0.5, 0.6) is 0 Å². The Labute approximate surface area is 159 Å². The summed E-state index contributed by atoms with van der Waals surface area (Å²) in [6, 6.07) is 10.4. The number of rotatable bonds is 6. The van der Waals surface area contributed by atoms with Crippen LogP contribution in [0.4, 0.5) is 5.69 Å². The number of carbonyl (C=O) groups is 1. The Balaban J connectivity index is 1.48. The lowest BCUT2D eigenvalue weighted by Gasteiger charge is -2.18. The van der Waals surface area contributed by atoms with Gasteiger partial charge in [0.2, 0.25) is 15.9 Å². The van der Waals surface area contributed by atoms with E-state index in [1.54, 1.807) is 29.3 Å². The van der Waals surface area contributed by atoms with Gasteiger partial charge in [-0.1, -0.05) is 6.07 Å². The van der Waals surface area contributed by atoms with Crippen LogP contribution in [0.1, 0.15) is 31.0 Å². The third-order valence-electron chi connectivity index (χ3n) is 5.05. The smallest absolute Gasteiger partial charge is 0.240 e. The van der Waals surface area contributed by atoms with Crippen molar-refractivity contribution in [2.75, 3.05) is 11.4 Å². The molecule has 0 bridgehead atoms. The van der Waals surface area contributed by atoms with E-state index in [0.29, 0.717) is 19.4 Å². The second kappa shape index (κ2) is 7.05. The van der Waals surface area contributed by atoms with Crippen molar-refractivity contribution in [2.45, 2.75) is 43.5 Å². The van der Waals surface area contributed by atoms with Crippen molar-refractivity contribution < 1.29 is 13.2 Å². The average molecular weight is 385 g/mol. The first-order valence-corrected chi connectivity index (χ1v) is 10.8. The number of nitrogens with zero attached hydrogens (tertiary/aromatic N) is 2. The predicted octanol–water partition coefficient (Wildman–Crippen LogP) is 2.29. The molecule has 1 N–H and O–H groups in total. The van der Waals surface area contributed by atoms with Gasteiger partial charge in [0.25, 0.3) is 0 Å². The molecule has 1 aliphatic carbocycles. The van der Waals surface area contributed by atoms with E-state index >= 15 is 0 Å². The number of carbonyl (C=O) groups excluding carboxylic acids is 1. The highest BCUT2D eigenvalue weighted by Crippen LogP contribution is 2.37. The number of pyridine rings is 1. The quantitative estimate of drug-likeness (QED) is 0.827. The average Bonchev–Trinajstić information content (AvgIpc) is 3.40. The molecule has 1 aliphatic heterocycles. The molecule has 1 aromatic heterocycles. The third-order valence-corrected chi connectivity index (χ3v) is 6.63. The largest absolute Gasteiger partial charge is 0.312 e. The number of fused-ring (bicyclic) bond motifs is 1. The van der Waals surface area contributed by atoms with Gasteiger partial charge in [-0.25, -0.2) is 13.1 Å². The molecule has 1 saturated carbocycles. The Morgan fingerprint density at radius 1 is 1.30 bits per heavy atom. The molecule has 27 heavy (non-hydrogen) atoms. The fraction of sp³-hybridized carbons (Fsp3) is 0.400. The SMILES string of the molecule is C[C@H](Cc1ccccn1)NS(=O)(=O)c1ccc2c(c1)CCN2C(=O)C1CC1. The highest BCUT2D eigenvalue weighted by molar-refractivity contribution is 7.89. The molecular formula is C20H23N3O3S. The molecule has 7 heteroatoms. The second-order valence-corrected chi connectivity index (χ2v) is 9.07. The summed E-state index contributed by atoms with van der Waals surface area (Å²) in [6.45, 7) is 2.47. The van der Waals surface area contributed by atoms with Crippen molar-refractivity contribution in [1.29, 1.82) is 0 Å². The fourth-order valence-electron chi connectivity index (χ4n) is 3.53. The molecule has 142 valence electrons. The van der Waals surface area contributed by atoms with E-state index < -0.39 is 10.0 Å². The van der Waals surface area contributed by atoms with Crippen molar-refractivity contribution in [3.05, 3.63) is 53.9 Å². The summed E-state index contributed by atoms with van der Waals surface area (Å²) in [6.07, 6.45) is 4.85. The number of hydrogen-bond acceptors (Lipinski definition) is 4. The van der Waals surface area contributed by atoms with Crippen LogP contribution in [-0.2, 0) is 27.7 Å². The Hall–Kier alpha value is -2.25. The summed E-state index contributed by atoms with van der Waals surface area (Å²) in [5.41, 5.74) is 2.62. The summed E-state index contributed by atoms with van der Waals surface area (Å²) < 4.78 is 28.2. The van der Waals surface area contributed by atoms with Crippen LogP contribution in [0.3, 0.4) is 0 Å². The molecular weight excluding hydrogens is 362 g/mol. The monoisotopic (exact) mass is 385 g/mol. The van der Waals surface area contributed by atoms with Gasteiger partial charge >= 0.3 is 0 Å². The summed E-state index contributed by atoms with van der Waals surface area (Å²) in [5.74, 6) is 0.333. The molecule has 2 aliphatic rings. The molecule has 2 heterocycles. The van der Waals surface area contributed by atoms with Crippen molar-refractivity contribution in [2.24, 2.45) is 5.92 Å². The van der Waals surface area contributed by atoms with Gasteiger partial charge < -0.3 is 4.90 Å². The van der Waals surface area contributed by atoms with E-state index in [1.165, 1.54) is 0 Å². The molecule has 4 rings (SSSR count). The first kappa shape index (κ1) is 18.1. The van der Waals surface area contributed by atoms with E-state index in [9.17, 15) is 13.2 Å². The maximum absolute atomic E-state index is 12.8. The lowest BCUT2D eigenvalue weighted by molar-refractivity contribution is -0.119. The maximum atomic E-state index is 12.8. The van der Waals surface area contributed by atoms with E-state index in [1.807, 2.05) is 25.1 Å². The maximum Gasteiger partial charge on any atom is 0.240 e. The minimum Gasteiger partial charge on any atom is -0.312 e. The van der Waals surface area contributed by atoms with Crippen LogP contribution in [0.15, 0.2) is 47.5 Å². The summed E-state index contributed by atoms with van der Waals surface area (Å²) >= 11 is 0. The van der Waals surface area contributed by atoms with E-state index in [4.69, 9.17) is 0 Å². The van der Waals surface area contributed by atoms with Gasteiger partial charge in [0, 0.05) is 42.5 Å². The predicted molar refractivity (Wildman–Crippen MR) is 103 cm³/mol. The van der Waals surface area contributed by atoms with Gasteiger partial charge in [0.15, 0.2) is 0 Å². The Morgan fingerprint density at radius 2 is 2.11 bits per heavy atom. The van der Waals surface area contributed by atoms with Gasteiger partial charge in [-0.2, -0.15) is 0 Å². The number of amides is 1. The fourth-order valence-corrected chi connectivity index (χ4v) is 4.83. The molecule has 1 atom stereocenters. The summed E-state index contributed by atoms with van der Waals surface area (Å²) in [7, 11) is -3.62. The molecule has 0 radical (unpaired) electrons. The number of sulfonamides is 1. The van der Waals surface area contributed by atoms with Crippen molar-refractivity contribution in [3.63, 3.8) is 0 Å². The summed E-state index contributed by atoms with van der Waals surface area (Å²) in [5, 5.41) is 0. The molecule has 1 aromatic carbocycles. The van der Waals surface area contributed by atoms with Gasteiger partial charge in [0.05, 0.1) is 4.90 Å². The Morgan fingerprint density at radius 3 is 2.81 bits per heavy atom. The normalized spacial score (nSPS) is 17.6. The summed E-state index contributed by atoms with van der Waals surface area (Å²) in [4.78, 5) is 18.7. The van der Waals surface area contributed by atoms with E-state index in [-0.39, 0.29) is 22.8 Å². The first-order valence-electron chi connectivity index (χ1n) is 9.30. The van der Waals surface area contributed by atoms with Gasteiger partial charge in [-0.05, 0) is 62.1 Å². The zero-order valence-corrected chi connectivity index (χ0v) is 16.1. The number of aromatic nitrogens is 1. The van der Waals surface area contributed by atoms with E-state index in [2.05, 4.69) is 9.71 Å². The second-order valence-electron chi connectivity index (χ2n) is 7.35. The standard InChI is InChI=1S/C20H23N3O3S/c1-14(12-17-4-2-3-10-21-17)22-27(25,26)18-7-8-19-16(13-18)9-11-23(19)20(24)15-5-6-15/h2-4,7-8,10,13-15,22H,5-6,9,11-12H2,1H3/t14-/m1/s1. The number of nitrogens with one attached hydrogen (secondary N) is 1. The number of hydrogen-bond donors (Lipinski definition) is 1. The number of benzene rings is 1. The van der Waals surface area contributed by atoms with Gasteiger partial charge in [-0.15, -0.1) is 0 Å². The molecule has 0 unspecified atom stereocenters. The van der Waals surface area contributed by atoms with Crippen LogP contribution in [0.25, 0.3) is 0 Å². The van der Waals surface area contributed by atoms with Crippen LogP contribution in [0.2, 0.25) is 0 Å². The van der Waals surface area contributed by atoms with Gasteiger partial charge in [-0.3, -0.25) is 9.78 Å².